The minimum absolute atomic E-state index is 0.0198. The highest BCUT2D eigenvalue weighted by atomic mass is 32.1. The van der Waals surface area contributed by atoms with Crippen LogP contribution in [-0.2, 0) is 0 Å². The average molecular weight is 239 g/mol. The first kappa shape index (κ1) is 11.3. The van der Waals surface area contributed by atoms with Gasteiger partial charge in [-0.2, -0.15) is 16.6 Å². The summed E-state index contributed by atoms with van der Waals surface area (Å²) in [5.41, 5.74) is 2.14. The molecule has 0 bridgehead atoms. The second-order valence-electron chi connectivity index (χ2n) is 3.45. The maximum atomic E-state index is 11.7. The fraction of sp³-hybridized carbons (Fsp3) is 0. The van der Waals surface area contributed by atoms with Crippen molar-refractivity contribution in [1.29, 1.82) is 5.26 Å². The third-order valence-corrected chi connectivity index (χ3v) is 2.93. The van der Waals surface area contributed by atoms with E-state index in [-0.39, 0.29) is 5.78 Å². The quantitative estimate of drug-likeness (QED) is 0.607. The van der Waals surface area contributed by atoms with E-state index in [1.54, 1.807) is 30.3 Å². The van der Waals surface area contributed by atoms with Crippen molar-refractivity contribution in [2.45, 2.75) is 0 Å². The van der Waals surface area contributed by atoms with Crippen LogP contribution in [0.2, 0.25) is 0 Å². The van der Waals surface area contributed by atoms with E-state index in [1.807, 2.05) is 16.8 Å². The summed E-state index contributed by atoms with van der Waals surface area (Å²) in [6.07, 6.45) is 3.25. The summed E-state index contributed by atoms with van der Waals surface area (Å²) in [6.45, 7) is 0. The van der Waals surface area contributed by atoms with Crippen LogP contribution in [0.1, 0.15) is 21.5 Å². The molecule has 0 spiro atoms. The lowest BCUT2D eigenvalue weighted by Gasteiger charge is -1.93. The van der Waals surface area contributed by atoms with Gasteiger partial charge in [-0.15, -0.1) is 0 Å². The number of carbonyl (C=O) groups is 1. The molecule has 1 aromatic carbocycles. The normalized spacial score (nSPS) is 10.3. The second-order valence-corrected chi connectivity index (χ2v) is 4.23. The number of hydrogen-bond acceptors (Lipinski definition) is 3. The van der Waals surface area contributed by atoms with Gasteiger partial charge in [0, 0.05) is 10.9 Å². The Balaban J connectivity index is 2.16. The molecule has 2 nitrogen and oxygen atoms in total. The van der Waals surface area contributed by atoms with Gasteiger partial charge in [0.15, 0.2) is 5.78 Å². The highest BCUT2D eigenvalue weighted by Gasteiger charge is 2.00. The number of allylic oxidation sites excluding steroid dienone is 1. The van der Waals surface area contributed by atoms with Crippen LogP contribution >= 0.6 is 11.3 Å². The van der Waals surface area contributed by atoms with Crippen LogP contribution in [0.4, 0.5) is 0 Å². The molecule has 1 heterocycles. The first-order chi connectivity index (χ1) is 8.29. The second kappa shape index (κ2) is 5.24. The minimum atomic E-state index is -0.0198. The Hall–Kier alpha value is -2.18. The fourth-order valence-corrected chi connectivity index (χ4v) is 2.03. The van der Waals surface area contributed by atoms with Crippen LogP contribution in [0, 0.1) is 11.3 Å². The van der Waals surface area contributed by atoms with Crippen LogP contribution in [0.25, 0.3) is 6.08 Å². The summed E-state index contributed by atoms with van der Waals surface area (Å²) < 4.78 is 0. The summed E-state index contributed by atoms with van der Waals surface area (Å²) in [4.78, 5) is 11.7. The van der Waals surface area contributed by atoms with Gasteiger partial charge in [0.25, 0.3) is 0 Å². The first-order valence-corrected chi connectivity index (χ1v) is 5.98. The summed E-state index contributed by atoms with van der Waals surface area (Å²) in [6, 6.07) is 11.0. The number of rotatable bonds is 3. The Kier molecular flexibility index (Phi) is 3.49. The first-order valence-electron chi connectivity index (χ1n) is 5.04. The zero-order valence-electron chi connectivity index (χ0n) is 8.96. The molecule has 1 aromatic heterocycles. The zero-order valence-corrected chi connectivity index (χ0v) is 9.78. The van der Waals surface area contributed by atoms with Crippen LogP contribution < -0.4 is 0 Å². The van der Waals surface area contributed by atoms with Gasteiger partial charge in [-0.05, 0) is 35.2 Å². The van der Waals surface area contributed by atoms with Crippen molar-refractivity contribution >= 4 is 23.2 Å². The predicted octanol–water partition coefficient (Wildman–Crippen LogP) is 3.52. The molecule has 0 fully saturated rings. The van der Waals surface area contributed by atoms with Gasteiger partial charge in [0.05, 0.1) is 11.6 Å². The average Bonchev–Trinajstić information content (AvgIpc) is 2.90. The molecule has 0 amide bonds. The Morgan fingerprint density at radius 2 is 2.24 bits per heavy atom. The molecule has 0 aliphatic carbocycles. The zero-order chi connectivity index (χ0) is 12.1. The highest BCUT2D eigenvalue weighted by molar-refractivity contribution is 7.08. The molecular weight excluding hydrogens is 230 g/mol. The Morgan fingerprint density at radius 3 is 2.94 bits per heavy atom. The van der Waals surface area contributed by atoms with Crippen molar-refractivity contribution in [1.82, 2.24) is 0 Å². The van der Waals surface area contributed by atoms with Crippen molar-refractivity contribution in [3.05, 3.63) is 63.9 Å². The molecule has 0 aliphatic rings. The van der Waals surface area contributed by atoms with E-state index in [0.29, 0.717) is 11.1 Å². The molecule has 0 radical (unpaired) electrons. The maximum Gasteiger partial charge on any atom is 0.186 e. The molecule has 2 aromatic rings. The largest absolute Gasteiger partial charge is 0.289 e. The maximum absolute atomic E-state index is 11.7. The number of ketones is 1. The monoisotopic (exact) mass is 239 g/mol. The summed E-state index contributed by atoms with van der Waals surface area (Å²) in [5, 5.41) is 12.4. The van der Waals surface area contributed by atoms with E-state index in [4.69, 9.17) is 5.26 Å². The summed E-state index contributed by atoms with van der Waals surface area (Å²) in [7, 11) is 0. The number of nitrogens with zero attached hydrogens (tertiary/aromatic N) is 1. The lowest BCUT2D eigenvalue weighted by molar-refractivity contribution is 0.104. The number of nitriles is 1. The van der Waals surface area contributed by atoms with Gasteiger partial charge >= 0.3 is 0 Å². The Labute approximate surface area is 103 Å². The molecule has 0 unspecified atom stereocenters. The molecule has 17 heavy (non-hydrogen) atoms. The predicted molar refractivity (Wildman–Crippen MR) is 68.8 cm³/mol. The molecule has 0 aliphatic heterocycles. The van der Waals surface area contributed by atoms with Gasteiger partial charge in [0.1, 0.15) is 0 Å². The molecule has 82 valence electrons. The van der Waals surface area contributed by atoms with E-state index in [1.165, 1.54) is 17.4 Å². The summed E-state index contributed by atoms with van der Waals surface area (Å²) in [5.74, 6) is -0.0198. The molecule has 0 saturated carbocycles. The third kappa shape index (κ3) is 2.90. The van der Waals surface area contributed by atoms with Gasteiger partial charge < -0.3 is 0 Å². The third-order valence-electron chi connectivity index (χ3n) is 2.25. The Morgan fingerprint density at radius 1 is 1.35 bits per heavy atom. The standard InChI is InChI=1S/C14H9NOS/c15-9-12-3-1-2-11(8-12)4-5-14(16)13-6-7-17-10-13/h1-8,10H. The van der Waals surface area contributed by atoms with Crippen molar-refractivity contribution in [2.24, 2.45) is 0 Å². The van der Waals surface area contributed by atoms with Crippen LogP contribution in [0.3, 0.4) is 0 Å². The smallest absolute Gasteiger partial charge is 0.186 e. The lowest BCUT2D eigenvalue weighted by atomic mass is 10.1. The van der Waals surface area contributed by atoms with Gasteiger partial charge in [0.2, 0.25) is 0 Å². The van der Waals surface area contributed by atoms with Crippen LogP contribution in [0.15, 0.2) is 47.2 Å². The van der Waals surface area contributed by atoms with Gasteiger partial charge in [-0.1, -0.05) is 18.2 Å². The molecule has 0 N–H and O–H groups in total. The highest BCUT2D eigenvalue weighted by Crippen LogP contribution is 2.10. The molecular formula is C14H9NOS. The van der Waals surface area contributed by atoms with Crippen molar-refractivity contribution in [3.8, 4) is 6.07 Å². The lowest BCUT2D eigenvalue weighted by Crippen LogP contribution is -1.90. The van der Waals surface area contributed by atoms with Crippen LogP contribution in [0.5, 0.6) is 0 Å². The number of thiophene rings is 1. The van der Waals surface area contributed by atoms with Crippen molar-refractivity contribution in [3.63, 3.8) is 0 Å². The SMILES string of the molecule is N#Cc1cccc(C=CC(=O)c2ccsc2)c1. The summed E-state index contributed by atoms with van der Waals surface area (Å²) >= 11 is 1.50. The number of hydrogen-bond donors (Lipinski definition) is 0. The molecule has 3 heteroatoms. The minimum Gasteiger partial charge on any atom is -0.289 e. The van der Waals surface area contributed by atoms with Crippen molar-refractivity contribution in [2.75, 3.05) is 0 Å². The van der Waals surface area contributed by atoms with Crippen LogP contribution in [-0.4, -0.2) is 5.78 Å². The topological polar surface area (TPSA) is 40.9 Å². The van der Waals surface area contributed by atoms with E-state index in [9.17, 15) is 4.79 Å². The fourth-order valence-electron chi connectivity index (χ4n) is 1.38. The van der Waals surface area contributed by atoms with Gasteiger partial charge in [-0.25, -0.2) is 0 Å². The molecule has 0 saturated heterocycles. The van der Waals surface area contributed by atoms with E-state index in [2.05, 4.69) is 6.07 Å². The Bertz CT molecular complexity index is 591. The molecule has 0 atom stereocenters. The van der Waals surface area contributed by atoms with Gasteiger partial charge in [-0.3, -0.25) is 4.79 Å². The number of benzene rings is 1. The number of carbonyl (C=O) groups excluding carboxylic acids is 1. The van der Waals surface area contributed by atoms with Crippen molar-refractivity contribution < 1.29 is 4.79 Å². The van der Waals surface area contributed by atoms with E-state index < -0.39 is 0 Å². The van der Waals surface area contributed by atoms with E-state index >= 15 is 0 Å². The molecule has 2 rings (SSSR count). The van der Waals surface area contributed by atoms with E-state index in [0.717, 1.165) is 5.56 Å².